The Bertz CT molecular complexity index is 1020. The fourth-order valence-corrected chi connectivity index (χ4v) is 3.53. The summed E-state index contributed by atoms with van der Waals surface area (Å²) in [5, 5.41) is 2.79. The molecule has 0 saturated heterocycles. The van der Waals surface area contributed by atoms with E-state index in [2.05, 4.69) is 9.71 Å². The van der Waals surface area contributed by atoms with Crippen LogP contribution in [0.3, 0.4) is 0 Å². The van der Waals surface area contributed by atoms with Crippen molar-refractivity contribution in [2.24, 2.45) is 4.40 Å². The number of allylic oxidation sites excluding steroid dienone is 1. The maximum Gasteiger partial charge on any atom is 0.345 e. The maximum absolute atomic E-state index is 13.1. The quantitative estimate of drug-likeness (QED) is 0.876. The summed E-state index contributed by atoms with van der Waals surface area (Å²) < 4.78 is 42.4. The largest absolute Gasteiger partial charge is 0.345 e. The smallest absolute Gasteiger partial charge is 0.344 e. The van der Waals surface area contributed by atoms with Gasteiger partial charge in [0.15, 0.2) is 0 Å². The van der Waals surface area contributed by atoms with Crippen LogP contribution >= 0.6 is 0 Å². The highest BCUT2D eigenvalue weighted by atomic mass is 32.2. The summed E-state index contributed by atoms with van der Waals surface area (Å²) in [7, 11) is -2.80. The van der Waals surface area contributed by atoms with E-state index in [1.165, 1.54) is 37.4 Å². The first-order valence-corrected chi connectivity index (χ1v) is 9.60. The SMILES string of the molecule is CC(NC(=O)C1=CC(c2ccc(F)cc2)=NS(=O)(=O)N1C)c1ccccc1. The van der Waals surface area contributed by atoms with E-state index in [1.54, 1.807) is 6.92 Å². The molecule has 2 aromatic rings. The topological polar surface area (TPSA) is 78.8 Å². The minimum absolute atomic E-state index is 0.0629. The Balaban J connectivity index is 1.91. The van der Waals surface area contributed by atoms with Gasteiger partial charge in [-0.05, 0) is 42.8 Å². The highest BCUT2D eigenvalue weighted by Crippen LogP contribution is 2.21. The van der Waals surface area contributed by atoms with Gasteiger partial charge < -0.3 is 5.32 Å². The standard InChI is InChI=1S/C19H18FN3O3S/c1-13(14-6-4-3-5-7-14)21-19(24)18-12-17(22-27(25,26)23(18)2)15-8-10-16(20)11-9-15/h3-13H,1-2H3,(H,21,24). The average Bonchev–Trinajstić information content (AvgIpc) is 2.65. The summed E-state index contributed by atoms with van der Waals surface area (Å²) in [6.07, 6.45) is 1.38. The molecule has 1 unspecified atom stereocenters. The van der Waals surface area contributed by atoms with Crippen LogP contribution in [0.5, 0.6) is 0 Å². The molecule has 0 aromatic heterocycles. The van der Waals surface area contributed by atoms with Crippen LogP contribution in [0.4, 0.5) is 4.39 Å². The van der Waals surface area contributed by atoms with Gasteiger partial charge in [0.05, 0.1) is 11.8 Å². The molecule has 1 aliphatic heterocycles. The van der Waals surface area contributed by atoms with Crippen LogP contribution in [0.1, 0.15) is 24.1 Å². The number of carbonyl (C=O) groups is 1. The van der Waals surface area contributed by atoms with Gasteiger partial charge in [0, 0.05) is 12.6 Å². The van der Waals surface area contributed by atoms with E-state index in [-0.39, 0.29) is 17.5 Å². The molecule has 1 aliphatic rings. The van der Waals surface area contributed by atoms with E-state index in [9.17, 15) is 17.6 Å². The normalized spacial score (nSPS) is 16.9. The Morgan fingerprint density at radius 3 is 2.37 bits per heavy atom. The predicted octanol–water partition coefficient (Wildman–Crippen LogP) is 2.57. The molecule has 1 N–H and O–H groups in total. The van der Waals surface area contributed by atoms with Crippen LogP contribution in [-0.2, 0) is 15.0 Å². The highest BCUT2D eigenvalue weighted by Gasteiger charge is 2.30. The van der Waals surface area contributed by atoms with Gasteiger partial charge in [-0.3, -0.25) is 4.79 Å². The van der Waals surface area contributed by atoms with Crippen molar-refractivity contribution in [3.05, 3.63) is 83.3 Å². The Hall–Kier alpha value is -3.00. The maximum atomic E-state index is 13.1. The van der Waals surface area contributed by atoms with Gasteiger partial charge in [0.1, 0.15) is 11.5 Å². The lowest BCUT2D eigenvalue weighted by molar-refractivity contribution is -0.119. The molecule has 8 heteroatoms. The molecule has 27 heavy (non-hydrogen) atoms. The molecule has 0 bridgehead atoms. The van der Waals surface area contributed by atoms with Crippen LogP contribution in [-0.4, -0.2) is 31.4 Å². The number of likely N-dealkylation sites (N-methyl/N-ethyl adjacent to an activating group) is 1. The third-order valence-electron chi connectivity index (χ3n) is 4.19. The lowest BCUT2D eigenvalue weighted by atomic mass is 10.1. The van der Waals surface area contributed by atoms with E-state index >= 15 is 0 Å². The molecule has 6 nitrogen and oxygen atoms in total. The van der Waals surface area contributed by atoms with Crippen LogP contribution in [0.25, 0.3) is 0 Å². The van der Waals surface area contributed by atoms with Crippen molar-refractivity contribution in [2.45, 2.75) is 13.0 Å². The van der Waals surface area contributed by atoms with E-state index in [0.29, 0.717) is 5.56 Å². The van der Waals surface area contributed by atoms with E-state index in [4.69, 9.17) is 0 Å². The number of amides is 1. The Morgan fingerprint density at radius 2 is 1.74 bits per heavy atom. The molecule has 0 radical (unpaired) electrons. The highest BCUT2D eigenvalue weighted by molar-refractivity contribution is 7.88. The number of nitrogens with one attached hydrogen (secondary N) is 1. The summed E-state index contributed by atoms with van der Waals surface area (Å²) in [5.74, 6) is -0.999. The third kappa shape index (κ3) is 4.06. The number of hydrogen-bond donors (Lipinski definition) is 1. The fraction of sp³-hybridized carbons (Fsp3) is 0.158. The molecule has 0 aliphatic carbocycles. The second kappa shape index (κ2) is 7.32. The van der Waals surface area contributed by atoms with Crippen molar-refractivity contribution in [1.29, 1.82) is 0 Å². The molecule has 2 aromatic carbocycles. The van der Waals surface area contributed by atoms with Gasteiger partial charge >= 0.3 is 10.2 Å². The average molecular weight is 387 g/mol. The minimum atomic E-state index is -4.07. The molecule has 140 valence electrons. The summed E-state index contributed by atoms with van der Waals surface area (Å²) in [6.45, 7) is 1.81. The number of hydrogen-bond acceptors (Lipinski definition) is 3. The van der Waals surface area contributed by atoms with Gasteiger partial charge in [-0.25, -0.2) is 8.70 Å². The molecule has 0 saturated carbocycles. The van der Waals surface area contributed by atoms with Crippen molar-refractivity contribution in [3.63, 3.8) is 0 Å². The number of rotatable bonds is 4. The number of nitrogens with zero attached hydrogens (tertiary/aromatic N) is 2. The van der Waals surface area contributed by atoms with E-state index in [1.807, 2.05) is 30.3 Å². The molecule has 0 fully saturated rings. The number of benzene rings is 2. The van der Waals surface area contributed by atoms with E-state index < -0.39 is 21.9 Å². The second-order valence-electron chi connectivity index (χ2n) is 6.06. The van der Waals surface area contributed by atoms with Gasteiger partial charge in [-0.1, -0.05) is 30.3 Å². The van der Waals surface area contributed by atoms with Crippen LogP contribution in [0, 0.1) is 5.82 Å². The molecular weight excluding hydrogens is 369 g/mol. The second-order valence-corrected chi connectivity index (χ2v) is 7.69. The van der Waals surface area contributed by atoms with Crippen molar-refractivity contribution >= 4 is 21.8 Å². The first-order valence-electron chi connectivity index (χ1n) is 8.20. The predicted molar refractivity (Wildman–Crippen MR) is 101 cm³/mol. The van der Waals surface area contributed by atoms with Crippen molar-refractivity contribution in [3.8, 4) is 0 Å². The van der Waals surface area contributed by atoms with Crippen molar-refractivity contribution < 1.29 is 17.6 Å². The first kappa shape index (κ1) is 18.8. The van der Waals surface area contributed by atoms with Crippen molar-refractivity contribution in [2.75, 3.05) is 7.05 Å². The lowest BCUT2D eigenvalue weighted by Crippen LogP contribution is -2.39. The Morgan fingerprint density at radius 1 is 1.11 bits per heavy atom. The third-order valence-corrected chi connectivity index (χ3v) is 5.51. The number of halogens is 1. The van der Waals surface area contributed by atoms with Gasteiger partial charge in [-0.2, -0.15) is 8.42 Å². The first-order chi connectivity index (χ1) is 12.8. The van der Waals surface area contributed by atoms with Crippen LogP contribution < -0.4 is 5.32 Å². The van der Waals surface area contributed by atoms with Crippen molar-refractivity contribution in [1.82, 2.24) is 9.62 Å². The lowest BCUT2D eigenvalue weighted by Gasteiger charge is -2.25. The summed E-state index contributed by atoms with van der Waals surface area (Å²) in [6, 6.07) is 14.2. The molecule has 1 amide bonds. The molecule has 1 atom stereocenters. The summed E-state index contributed by atoms with van der Waals surface area (Å²) in [5.41, 5.74) is 1.30. The molecule has 1 heterocycles. The summed E-state index contributed by atoms with van der Waals surface area (Å²) in [4.78, 5) is 12.7. The van der Waals surface area contributed by atoms with E-state index in [0.717, 1.165) is 9.87 Å². The zero-order valence-corrected chi connectivity index (χ0v) is 15.6. The Labute approximate surface area is 157 Å². The van der Waals surface area contributed by atoms with Gasteiger partial charge in [0.25, 0.3) is 5.91 Å². The molecular formula is C19H18FN3O3S. The zero-order valence-electron chi connectivity index (χ0n) is 14.8. The zero-order chi connectivity index (χ0) is 19.6. The molecule has 3 rings (SSSR count). The number of carbonyl (C=O) groups excluding carboxylic acids is 1. The fourth-order valence-electron chi connectivity index (χ4n) is 2.62. The van der Waals surface area contributed by atoms with Gasteiger partial charge in [-0.15, -0.1) is 4.40 Å². The van der Waals surface area contributed by atoms with Crippen LogP contribution in [0.15, 0.2) is 70.8 Å². The minimum Gasteiger partial charge on any atom is -0.344 e. The van der Waals surface area contributed by atoms with Gasteiger partial charge in [0.2, 0.25) is 0 Å². The van der Waals surface area contributed by atoms with Crippen LogP contribution in [0.2, 0.25) is 0 Å². The monoisotopic (exact) mass is 387 g/mol. The molecule has 0 spiro atoms. The summed E-state index contributed by atoms with van der Waals surface area (Å²) >= 11 is 0. The Kier molecular flexibility index (Phi) is 5.09.